The number of rotatable bonds is 7. The van der Waals surface area contributed by atoms with Crippen molar-refractivity contribution in [1.82, 2.24) is 5.32 Å². The average molecular weight is 315 g/mol. The zero-order chi connectivity index (χ0) is 16.7. The predicted octanol–water partition coefficient (Wildman–Crippen LogP) is -0.0609. The number of esters is 3. The Balaban J connectivity index is 2.41. The van der Waals surface area contributed by atoms with Crippen LogP contribution >= 0.6 is 0 Å². The molecule has 0 aliphatic carbocycles. The molecule has 0 aromatic rings. The van der Waals surface area contributed by atoms with Crippen LogP contribution in [0, 0.1) is 5.92 Å². The van der Waals surface area contributed by atoms with E-state index in [1.54, 1.807) is 0 Å². The van der Waals surface area contributed by atoms with Gasteiger partial charge in [0.25, 0.3) is 5.91 Å². The lowest BCUT2D eigenvalue weighted by atomic mass is 10.0. The Morgan fingerprint density at radius 2 is 2.05 bits per heavy atom. The number of nitrogens with one attached hydrogen (secondary N) is 1. The molecule has 2 atom stereocenters. The Labute approximate surface area is 128 Å². The molecule has 1 rings (SSSR count). The predicted molar refractivity (Wildman–Crippen MR) is 73.5 cm³/mol. The number of hydrogen-bond donors (Lipinski definition) is 1. The van der Waals surface area contributed by atoms with Gasteiger partial charge in [0.15, 0.2) is 12.7 Å². The van der Waals surface area contributed by atoms with Crippen LogP contribution in [0.25, 0.3) is 0 Å². The molecule has 1 amide bonds. The molecule has 1 N–H and O–H groups in total. The molecule has 0 aromatic heterocycles. The summed E-state index contributed by atoms with van der Waals surface area (Å²) in [6.07, 6.45) is -0.137. The standard InChI is InChI=1S/C14H21NO7/c1-8(2)6-9(13(18)20-3)15-11(16)7-21-14(19)10-4-5-12(17)22-10/h8-10H,4-7H2,1-3H3,(H,15,16). The van der Waals surface area contributed by atoms with Gasteiger partial charge in [-0.05, 0) is 12.3 Å². The molecule has 1 heterocycles. The van der Waals surface area contributed by atoms with Crippen molar-refractivity contribution in [1.29, 1.82) is 0 Å². The van der Waals surface area contributed by atoms with E-state index in [9.17, 15) is 19.2 Å². The maximum atomic E-state index is 11.7. The molecule has 8 heteroatoms. The summed E-state index contributed by atoms with van der Waals surface area (Å²) in [6, 6.07) is -0.791. The van der Waals surface area contributed by atoms with Crippen LogP contribution in [-0.2, 0) is 33.4 Å². The molecule has 1 fully saturated rings. The van der Waals surface area contributed by atoms with Gasteiger partial charge in [0.05, 0.1) is 7.11 Å². The van der Waals surface area contributed by atoms with Crippen LogP contribution in [0.2, 0.25) is 0 Å². The van der Waals surface area contributed by atoms with Gasteiger partial charge >= 0.3 is 17.9 Å². The maximum absolute atomic E-state index is 11.7. The van der Waals surface area contributed by atoms with Crippen molar-refractivity contribution in [2.45, 2.75) is 45.3 Å². The Bertz CT molecular complexity index is 446. The second-order valence-corrected chi connectivity index (χ2v) is 5.40. The zero-order valence-corrected chi connectivity index (χ0v) is 12.9. The van der Waals surface area contributed by atoms with Crippen LogP contribution in [0.4, 0.5) is 0 Å². The summed E-state index contributed by atoms with van der Waals surface area (Å²) < 4.78 is 14.1. The van der Waals surface area contributed by atoms with Gasteiger partial charge in [0.2, 0.25) is 0 Å². The maximum Gasteiger partial charge on any atom is 0.347 e. The lowest BCUT2D eigenvalue weighted by molar-refractivity contribution is -0.163. The number of ether oxygens (including phenoxy) is 3. The first-order chi connectivity index (χ1) is 10.3. The van der Waals surface area contributed by atoms with Crippen LogP contribution in [-0.4, -0.2) is 49.7 Å². The van der Waals surface area contributed by atoms with Gasteiger partial charge in [-0.25, -0.2) is 9.59 Å². The van der Waals surface area contributed by atoms with Crippen LogP contribution in [0.15, 0.2) is 0 Å². The quantitative estimate of drug-likeness (QED) is 0.518. The van der Waals surface area contributed by atoms with Gasteiger partial charge < -0.3 is 19.5 Å². The molecule has 0 saturated carbocycles. The second kappa shape index (κ2) is 8.35. The minimum atomic E-state index is -0.952. The third-order valence-corrected chi connectivity index (χ3v) is 3.02. The number of amides is 1. The van der Waals surface area contributed by atoms with E-state index in [-0.39, 0.29) is 18.8 Å². The normalized spacial score (nSPS) is 18.5. The zero-order valence-electron chi connectivity index (χ0n) is 12.9. The fourth-order valence-corrected chi connectivity index (χ4v) is 1.98. The summed E-state index contributed by atoms with van der Waals surface area (Å²) >= 11 is 0. The summed E-state index contributed by atoms with van der Waals surface area (Å²) in [5.74, 6) is -2.23. The Morgan fingerprint density at radius 3 is 2.55 bits per heavy atom. The molecule has 0 spiro atoms. The molecular weight excluding hydrogens is 294 g/mol. The fourth-order valence-electron chi connectivity index (χ4n) is 1.98. The van der Waals surface area contributed by atoms with E-state index >= 15 is 0 Å². The van der Waals surface area contributed by atoms with Gasteiger partial charge in [0, 0.05) is 12.8 Å². The van der Waals surface area contributed by atoms with E-state index in [1.807, 2.05) is 13.8 Å². The van der Waals surface area contributed by atoms with Gasteiger partial charge in [-0.3, -0.25) is 9.59 Å². The van der Waals surface area contributed by atoms with Gasteiger partial charge in [-0.2, -0.15) is 0 Å². The summed E-state index contributed by atoms with van der Waals surface area (Å²) in [6.45, 7) is 3.26. The molecule has 8 nitrogen and oxygen atoms in total. The molecule has 2 unspecified atom stereocenters. The highest BCUT2D eigenvalue weighted by molar-refractivity contribution is 5.87. The highest BCUT2D eigenvalue weighted by atomic mass is 16.6. The lowest BCUT2D eigenvalue weighted by Crippen LogP contribution is -2.44. The molecule has 0 radical (unpaired) electrons. The highest BCUT2D eigenvalue weighted by Crippen LogP contribution is 2.14. The molecule has 1 aliphatic heterocycles. The van der Waals surface area contributed by atoms with Crippen molar-refractivity contribution in [3.63, 3.8) is 0 Å². The molecule has 0 bridgehead atoms. The van der Waals surface area contributed by atoms with Crippen molar-refractivity contribution in [2.24, 2.45) is 5.92 Å². The largest absolute Gasteiger partial charge is 0.467 e. The Morgan fingerprint density at radius 1 is 1.36 bits per heavy atom. The van der Waals surface area contributed by atoms with Crippen molar-refractivity contribution < 1.29 is 33.4 Å². The number of carbonyl (C=O) groups is 4. The summed E-state index contributed by atoms with van der Waals surface area (Å²) in [4.78, 5) is 45.8. The third-order valence-electron chi connectivity index (χ3n) is 3.02. The minimum Gasteiger partial charge on any atom is -0.467 e. The lowest BCUT2D eigenvalue weighted by Gasteiger charge is -2.18. The number of hydrogen-bond acceptors (Lipinski definition) is 7. The molecule has 1 aliphatic rings. The van der Waals surface area contributed by atoms with Crippen LogP contribution in [0.5, 0.6) is 0 Å². The molecule has 0 aromatic carbocycles. The van der Waals surface area contributed by atoms with Gasteiger partial charge in [-0.15, -0.1) is 0 Å². The Kier molecular flexibility index (Phi) is 6.81. The molecule has 22 heavy (non-hydrogen) atoms. The summed E-state index contributed by atoms with van der Waals surface area (Å²) in [5.41, 5.74) is 0. The monoisotopic (exact) mass is 315 g/mol. The first-order valence-corrected chi connectivity index (χ1v) is 7.06. The molecular formula is C14H21NO7. The molecule has 1 saturated heterocycles. The highest BCUT2D eigenvalue weighted by Gasteiger charge is 2.31. The van der Waals surface area contributed by atoms with Crippen molar-refractivity contribution in [2.75, 3.05) is 13.7 Å². The van der Waals surface area contributed by atoms with Crippen molar-refractivity contribution in [3.8, 4) is 0 Å². The molecule has 124 valence electrons. The van der Waals surface area contributed by atoms with E-state index in [1.165, 1.54) is 7.11 Å². The fraction of sp³-hybridized carbons (Fsp3) is 0.714. The Hall–Kier alpha value is -2.12. The van der Waals surface area contributed by atoms with Gasteiger partial charge in [-0.1, -0.05) is 13.8 Å². The SMILES string of the molecule is COC(=O)C(CC(C)C)NC(=O)COC(=O)C1CCC(=O)O1. The van der Waals surface area contributed by atoms with Crippen LogP contribution in [0.3, 0.4) is 0 Å². The van der Waals surface area contributed by atoms with Crippen LogP contribution < -0.4 is 5.32 Å². The van der Waals surface area contributed by atoms with Crippen LogP contribution in [0.1, 0.15) is 33.1 Å². The summed E-state index contributed by atoms with van der Waals surface area (Å²) in [7, 11) is 1.23. The smallest absolute Gasteiger partial charge is 0.347 e. The van der Waals surface area contributed by atoms with E-state index in [2.05, 4.69) is 10.1 Å². The first-order valence-electron chi connectivity index (χ1n) is 7.06. The number of carbonyl (C=O) groups excluding carboxylic acids is 4. The van der Waals surface area contributed by atoms with Crippen molar-refractivity contribution in [3.05, 3.63) is 0 Å². The average Bonchev–Trinajstić information content (AvgIpc) is 2.89. The van der Waals surface area contributed by atoms with Gasteiger partial charge in [0.1, 0.15) is 6.04 Å². The van der Waals surface area contributed by atoms with E-state index in [0.717, 1.165) is 0 Å². The number of methoxy groups -OCH3 is 1. The minimum absolute atomic E-state index is 0.158. The van der Waals surface area contributed by atoms with E-state index in [4.69, 9.17) is 9.47 Å². The summed E-state index contributed by atoms with van der Waals surface area (Å²) in [5, 5.41) is 2.46. The van der Waals surface area contributed by atoms with Crippen molar-refractivity contribution >= 4 is 23.8 Å². The third kappa shape index (κ3) is 5.71. The first kappa shape index (κ1) is 17.9. The topological polar surface area (TPSA) is 108 Å². The number of cyclic esters (lactones) is 1. The van der Waals surface area contributed by atoms with E-state index in [0.29, 0.717) is 6.42 Å². The van der Waals surface area contributed by atoms with E-state index < -0.39 is 42.6 Å². The second-order valence-electron chi connectivity index (χ2n) is 5.40.